The Morgan fingerprint density at radius 1 is 1.43 bits per heavy atom. The zero-order valence-electron chi connectivity index (χ0n) is 9.43. The van der Waals surface area contributed by atoms with Gasteiger partial charge in [0, 0.05) is 19.5 Å². The van der Waals surface area contributed by atoms with Crippen LogP contribution in [0.15, 0.2) is 0 Å². The molecule has 2 aliphatic heterocycles. The summed E-state index contributed by atoms with van der Waals surface area (Å²) in [6.07, 6.45) is 2.44. The fraction of sp³-hybridized carbons (Fsp3) is 1.00. The average molecular weight is 199 g/mol. The van der Waals surface area contributed by atoms with E-state index in [4.69, 9.17) is 9.47 Å². The molecule has 2 fully saturated rings. The summed E-state index contributed by atoms with van der Waals surface area (Å²) in [6.45, 7) is 9.18. The highest BCUT2D eigenvalue weighted by atomic mass is 16.6. The second-order valence-corrected chi connectivity index (χ2v) is 4.88. The van der Waals surface area contributed by atoms with E-state index in [1.54, 1.807) is 0 Å². The summed E-state index contributed by atoms with van der Waals surface area (Å²) in [5.41, 5.74) is -0.236. The molecule has 2 unspecified atom stereocenters. The lowest BCUT2D eigenvalue weighted by Crippen LogP contribution is -2.61. The molecule has 0 radical (unpaired) electrons. The Labute approximate surface area is 86.2 Å². The zero-order chi connectivity index (χ0) is 10.2. The first kappa shape index (κ1) is 10.4. The molecule has 1 N–H and O–H groups in total. The Morgan fingerprint density at radius 2 is 2.21 bits per heavy atom. The number of hydrogen-bond acceptors (Lipinski definition) is 3. The van der Waals surface area contributed by atoms with E-state index in [9.17, 15) is 0 Å². The lowest BCUT2D eigenvalue weighted by molar-refractivity contribution is -0.179. The highest BCUT2D eigenvalue weighted by Crippen LogP contribution is 2.40. The molecule has 2 atom stereocenters. The highest BCUT2D eigenvalue weighted by molar-refractivity contribution is 5.05. The molecule has 2 saturated heterocycles. The molecule has 2 heterocycles. The van der Waals surface area contributed by atoms with Crippen LogP contribution in [0.3, 0.4) is 0 Å². The lowest BCUT2D eigenvalue weighted by Gasteiger charge is -2.45. The van der Waals surface area contributed by atoms with Gasteiger partial charge in [-0.1, -0.05) is 6.92 Å². The number of hydrogen-bond donors (Lipinski definition) is 1. The van der Waals surface area contributed by atoms with E-state index in [1.165, 1.54) is 0 Å². The summed E-state index contributed by atoms with van der Waals surface area (Å²) in [6, 6.07) is 0. The topological polar surface area (TPSA) is 30.5 Å². The third-order valence-corrected chi connectivity index (χ3v) is 3.70. The monoisotopic (exact) mass is 199 g/mol. The van der Waals surface area contributed by atoms with Crippen molar-refractivity contribution < 1.29 is 9.47 Å². The van der Waals surface area contributed by atoms with Crippen molar-refractivity contribution in [1.82, 2.24) is 5.32 Å². The predicted molar refractivity (Wildman–Crippen MR) is 55.4 cm³/mol. The SMILES string of the molecule is CCC1CNCC2(CCOC2(C)C)O1. The van der Waals surface area contributed by atoms with Crippen LogP contribution in [-0.4, -0.2) is 37.0 Å². The van der Waals surface area contributed by atoms with Crippen LogP contribution < -0.4 is 5.32 Å². The van der Waals surface area contributed by atoms with E-state index >= 15 is 0 Å². The first-order valence-electron chi connectivity index (χ1n) is 5.62. The fourth-order valence-corrected chi connectivity index (χ4v) is 2.47. The van der Waals surface area contributed by atoms with Crippen molar-refractivity contribution in [2.45, 2.75) is 50.9 Å². The third kappa shape index (κ3) is 1.47. The highest BCUT2D eigenvalue weighted by Gasteiger charge is 2.53. The molecule has 0 saturated carbocycles. The molecule has 0 aromatic rings. The van der Waals surface area contributed by atoms with Gasteiger partial charge in [0.1, 0.15) is 5.60 Å². The maximum absolute atomic E-state index is 6.21. The molecule has 2 aliphatic rings. The second kappa shape index (κ2) is 3.47. The maximum Gasteiger partial charge on any atom is 0.111 e. The van der Waals surface area contributed by atoms with Crippen molar-refractivity contribution in [2.75, 3.05) is 19.7 Å². The molecular weight excluding hydrogens is 178 g/mol. The van der Waals surface area contributed by atoms with Crippen LogP contribution in [0.4, 0.5) is 0 Å². The lowest BCUT2D eigenvalue weighted by atomic mass is 9.83. The number of ether oxygens (including phenoxy) is 2. The molecule has 1 spiro atoms. The van der Waals surface area contributed by atoms with Crippen LogP contribution in [0.1, 0.15) is 33.6 Å². The van der Waals surface area contributed by atoms with E-state index in [2.05, 4.69) is 26.1 Å². The van der Waals surface area contributed by atoms with Gasteiger partial charge >= 0.3 is 0 Å². The van der Waals surface area contributed by atoms with Gasteiger partial charge in [0.25, 0.3) is 0 Å². The summed E-state index contributed by atoms with van der Waals surface area (Å²) in [7, 11) is 0. The Hall–Kier alpha value is -0.120. The summed E-state index contributed by atoms with van der Waals surface area (Å²) < 4.78 is 12.0. The molecule has 0 aromatic carbocycles. The van der Waals surface area contributed by atoms with Gasteiger partial charge in [0.15, 0.2) is 0 Å². The van der Waals surface area contributed by atoms with Gasteiger partial charge in [-0.3, -0.25) is 0 Å². The van der Waals surface area contributed by atoms with Crippen molar-refractivity contribution in [2.24, 2.45) is 0 Å². The first-order valence-corrected chi connectivity index (χ1v) is 5.62. The van der Waals surface area contributed by atoms with E-state index in [0.717, 1.165) is 32.5 Å². The molecule has 14 heavy (non-hydrogen) atoms. The molecule has 0 amide bonds. The minimum absolute atomic E-state index is 0.0913. The van der Waals surface area contributed by atoms with Gasteiger partial charge in [0.2, 0.25) is 0 Å². The maximum atomic E-state index is 6.21. The van der Waals surface area contributed by atoms with Gasteiger partial charge < -0.3 is 14.8 Å². The molecule has 0 aliphatic carbocycles. The van der Waals surface area contributed by atoms with Gasteiger partial charge in [-0.25, -0.2) is 0 Å². The smallest absolute Gasteiger partial charge is 0.111 e. The summed E-state index contributed by atoms with van der Waals surface area (Å²) >= 11 is 0. The second-order valence-electron chi connectivity index (χ2n) is 4.88. The average Bonchev–Trinajstić information content (AvgIpc) is 2.43. The van der Waals surface area contributed by atoms with Crippen LogP contribution in [0.2, 0.25) is 0 Å². The van der Waals surface area contributed by atoms with Crippen LogP contribution in [0.25, 0.3) is 0 Å². The van der Waals surface area contributed by atoms with Gasteiger partial charge in [-0.15, -0.1) is 0 Å². The van der Waals surface area contributed by atoms with Crippen molar-refractivity contribution in [3.63, 3.8) is 0 Å². The molecule has 0 bridgehead atoms. The first-order chi connectivity index (χ1) is 6.60. The van der Waals surface area contributed by atoms with Crippen LogP contribution in [0, 0.1) is 0 Å². The van der Waals surface area contributed by atoms with Crippen LogP contribution >= 0.6 is 0 Å². The standard InChI is InChI=1S/C11H21NO2/c1-4-9-7-12-8-11(14-9)5-6-13-10(11,2)3/h9,12H,4-8H2,1-3H3. The van der Waals surface area contributed by atoms with Gasteiger partial charge in [-0.05, 0) is 20.3 Å². The Bertz CT molecular complexity index is 217. The van der Waals surface area contributed by atoms with Crippen LogP contribution in [0.5, 0.6) is 0 Å². The van der Waals surface area contributed by atoms with Crippen LogP contribution in [-0.2, 0) is 9.47 Å². The largest absolute Gasteiger partial charge is 0.372 e. The molecule has 3 heteroatoms. The predicted octanol–water partition coefficient (Wildman–Crippen LogP) is 1.32. The van der Waals surface area contributed by atoms with Crippen molar-refractivity contribution in [1.29, 1.82) is 0 Å². The Morgan fingerprint density at radius 3 is 2.79 bits per heavy atom. The van der Waals surface area contributed by atoms with Crippen molar-refractivity contribution in [3.05, 3.63) is 0 Å². The number of rotatable bonds is 1. The quantitative estimate of drug-likeness (QED) is 0.691. The molecular formula is C11H21NO2. The molecule has 3 nitrogen and oxygen atoms in total. The zero-order valence-corrected chi connectivity index (χ0v) is 9.43. The Balaban J connectivity index is 2.14. The van der Waals surface area contributed by atoms with E-state index in [-0.39, 0.29) is 11.2 Å². The van der Waals surface area contributed by atoms with E-state index < -0.39 is 0 Å². The summed E-state index contributed by atoms with van der Waals surface area (Å²) in [5, 5.41) is 3.47. The van der Waals surface area contributed by atoms with Crippen molar-refractivity contribution >= 4 is 0 Å². The van der Waals surface area contributed by atoms with Gasteiger partial charge in [0.05, 0.1) is 18.3 Å². The third-order valence-electron chi connectivity index (χ3n) is 3.70. The van der Waals surface area contributed by atoms with Gasteiger partial charge in [-0.2, -0.15) is 0 Å². The fourth-order valence-electron chi connectivity index (χ4n) is 2.47. The molecule has 0 aromatic heterocycles. The molecule has 82 valence electrons. The Kier molecular flexibility index (Phi) is 2.58. The number of nitrogens with one attached hydrogen (secondary N) is 1. The normalized spacial score (nSPS) is 41.8. The minimum atomic E-state index is -0.145. The van der Waals surface area contributed by atoms with E-state index in [0.29, 0.717) is 6.10 Å². The van der Waals surface area contributed by atoms with Crippen molar-refractivity contribution in [3.8, 4) is 0 Å². The summed E-state index contributed by atoms with van der Waals surface area (Å²) in [4.78, 5) is 0. The summed E-state index contributed by atoms with van der Waals surface area (Å²) in [5.74, 6) is 0. The number of morpholine rings is 1. The minimum Gasteiger partial charge on any atom is -0.372 e. The molecule has 2 rings (SSSR count). The van der Waals surface area contributed by atoms with E-state index in [1.807, 2.05) is 0 Å².